The molecule has 2 saturated heterocycles. The summed E-state index contributed by atoms with van der Waals surface area (Å²) in [7, 11) is 0. The van der Waals surface area contributed by atoms with E-state index in [2.05, 4.69) is 17.1 Å². The van der Waals surface area contributed by atoms with Crippen molar-refractivity contribution in [2.75, 3.05) is 39.3 Å². The second-order valence-electron chi connectivity index (χ2n) is 5.53. The Morgan fingerprint density at radius 1 is 1.16 bits per heavy atom. The van der Waals surface area contributed by atoms with Crippen LogP contribution >= 0.6 is 0 Å². The first-order valence-electron chi connectivity index (χ1n) is 7.28. The molecule has 3 nitrogen and oxygen atoms in total. The molecule has 2 aliphatic heterocycles. The lowest BCUT2D eigenvalue weighted by Gasteiger charge is -2.43. The van der Waals surface area contributed by atoms with E-state index in [1.54, 1.807) is 4.90 Å². The Morgan fingerprint density at radius 2 is 1.95 bits per heavy atom. The zero-order chi connectivity index (χ0) is 13.9. The maximum atomic E-state index is 13.0. The van der Waals surface area contributed by atoms with Gasteiger partial charge in [0.15, 0.2) is 0 Å². The normalized spacial score (nSPS) is 31.6. The van der Waals surface area contributed by atoms with Gasteiger partial charge in [-0.25, -0.2) is 0 Å². The molecule has 19 heavy (non-hydrogen) atoms. The highest BCUT2D eigenvalue weighted by Gasteiger charge is 2.45. The molecule has 0 aliphatic carbocycles. The quantitative estimate of drug-likeness (QED) is 0.848. The number of likely N-dealkylation sites (tertiary alicyclic amines) is 1. The molecule has 0 amide bonds. The molecule has 112 valence electrons. The van der Waals surface area contributed by atoms with Crippen LogP contribution < -0.4 is 5.32 Å². The lowest BCUT2D eigenvalue weighted by Crippen LogP contribution is -2.60. The average Bonchev–Trinajstić information content (AvgIpc) is 2.39. The number of alkyl halides is 3. The molecule has 1 N–H and O–H groups in total. The monoisotopic (exact) mass is 279 g/mol. The summed E-state index contributed by atoms with van der Waals surface area (Å²) in [6, 6.07) is -1.02. The first-order chi connectivity index (χ1) is 9.02. The van der Waals surface area contributed by atoms with Crippen molar-refractivity contribution in [3.63, 3.8) is 0 Å². The van der Waals surface area contributed by atoms with Gasteiger partial charge in [-0.15, -0.1) is 0 Å². The average molecular weight is 279 g/mol. The first kappa shape index (κ1) is 15.1. The summed E-state index contributed by atoms with van der Waals surface area (Å²) in [6.45, 7) is 5.81. The fourth-order valence-electron chi connectivity index (χ4n) is 3.24. The standard InChI is InChI=1S/C13H24F3N3/c1-2-18-7-4-3-5-11(18)10-19-8-6-17-9-12(19)13(14,15)16/h11-12,17H,2-10H2,1H3. The van der Waals surface area contributed by atoms with Crippen LogP contribution in [0, 0.1) is 0 Å². The Kier molecular flexibility index (Phi) is 5.09. The van der Waals surface area contributed by atoms with Gasteiger partial charge in [-0.3, -0.25) is 9.80 Å². The molecule has 0 aromatic rings. The van der Waals surface area contributed by atoms with Crippen molar-refractivity contribution in [1.29, 1.82) is 0 Å². The zero-order valence-corrected chi connectivity index (χ0v) is 11.5. The van der Waals surface area contributed by atoms with Crippen molar-refractivity contribution < 1.29 is 13.2 Å². The zero-order valence-electron chi connectivity index (χ0n) is 11.5. The van der Waals surface area contributed by atoms with Crippen LogP contribution in [0.15, 0.2) is 0 Å². The van der Waals surface area contributed by atoms with Gasteiger partial charge in [0, 0.05) is 32.2 Å². The van der Waals surface area contributed by atoms with Gasteiger partial charge >= 0.3 is 6.18 Å². The summed E-state index contributed by atoms with van der Waals surface area (Å²) < 4.78 is 39.1. The Morgan fingerprint density at radius 3 is 2.63 bits per heavy atom. The SMILES string of the molecule is CCN1CCCCC1CN1CCNCC1C(F)(F)F. The molecule has 2 rings (SSSR count). The van der Waals surface area contributed by atoms with Crippen molar-refractivity contribution in [3.05, 3.63) is 0 Å². The molecule has 2 aliphatic rings. The van der Waals surface area contributed by atoms with Gasteiger partial charge in [0.2, 0.25) is 0 Å². The van der Waals surface area contributed by atoms with E-state index in [0.29, 0.717) is 25.7 Å². The van der Waals surface area contributed by atoms with Crippen LogP contribution in [0.4, 0.5) is 13.2 Å². The van der Waals surface area contributed by atoms with E-state index < -0.39 is 12.2 Å². The van der Waals surface area contributed by atoms with Crippen molar-refractivity contribution in [3.8, 4) is 0 Å². The molecule has 2 atom stereocenters. The first-order valence-corrected chi connectivity index (χ1v) is 7.28. The molecule has 0 bridgehead atoms. The summed E-state index contributed by atoms with van der Waals surface area (Å²) in [6.07, 6.45) is -0.778. The van der Waals surface area contributed by atoms with Crippen LogP contribution in [-0.4, -0.2) is 67.3 Å². The van der Waals surface area contributed by atoms with Crippen molar-refractivity contribution in [2.45, 2.75) is 44.4 Å². The van der Waals surface area contributed by atoms with Gasteiger partial charge in [0.25, 0.3) is 0 Å². The van der Waals surface area contributed by atoms with E-state index in [-0.39, 0.29) is 6.54 Å². The molecular formula is C13H24F3N3. The fourth-order valence-corrected chi connectivity index (χ4v) is 3.24. The van der Waals surface area contributed by atoms with E-state index in [1.165, 1.54) is 6.42 Å². The number of likely N-dealkylation sites (N-methyl/N-ethyl adjacent to an activating group) is 1. The lowest BCUT2D eigenvalue weighted by molar-refractivity contribution is -0.189. The molecule has 2 heterocycles. The van der Waals surface area contributed by atoms with E-state index >= 15 is 0 Å². The molecule has 0 radical (unpaired) electrons. The third kappa shape index (κ3) is 3.83. The molecule has 0 aromatic carbocycles. The van der Waals surface area contributed by atoms with Crippen LogP contribution in [0.25, 0.3) is 0 Å². The Hall–Kier alpha value is -0.330. The van der Waals surface area contributed by atoms with Gasteiger partial charge in [0.1, 0.15) is 6.04 Å². The molecule has 6 heteroatoms. The van der Waals surface area contributed by atoms with Crippen LogP contribution in [0.3, 0.4) is 0 Å². The van der Waals surface area contributed by atoms with E-state index in [1.807, 2.05) is 0 Å². The fraction of sp³-hybridized carbons (Fsp3) is 1.00. The maximum absolute atomic E-state index is 13.0. The van der Waals surface area contributed by atoms with Gasteiger partial charge in [0.05, 0.1) is 0 Å². The number of piperazine rings is 1. The molecule has 2 unspecified atom stereocenters. The number of piperidine rings is 1. The summed E-state index contributed by atoms with van der Waals surface area (Å²) in [5, 5.41) is 2.86. The molecule has 0 spiro atoms. The second-order valence-corrected chi connectivity index (χ2v) is 5.53. The van der Waals surface area contributed by atoms with Gasteiger partial charge in [-0.1, -0.05) is 13.3 Å². The smallest absolute Gasteiger partial charge is 0.314 e. The van der Waals surface area contributed by atoms with Crippen LogP contribution in [0.2, 0.25) is 0 Å². The van der Waals surface area contributed by atoms with E-state index in [9.17, 15) is 13.2 Å². The van der Waals surface area contributed by atoms with E-state index in [0.717, 1.165) is 25.9 Å². The number of hydrogen-bond donors (Lipinski definition) is 1. The third-order valence-electron chi connectivity index (χ3n) is 4.33. The Labute approximate surface area is 113 Å². The van der Waals surface area contributed by atoms with E-state index in [4.69, 9.17) is 0 Å². The summed E-state index contributed by atoms with van der Waals surface area (Å²) in [5.41, 5.74) is 0. The summed E-state index contributed by atoms with van der Waals surface area (Å²) in [5.74, 6) is 0. The summed E-state index contributed by atoms with van der Waals surface area (Å²) in [4.78, 5) is 3.97. The van der Waals surface area contributed by atoms with Gasteiger partial charge in [-0.2, -0.15) is 13.2 Å². The number of rotatable bonds is 3. The number of hydrogen-bond acceptors (Lipinski definition) is 3. The van der Waals surface area contributed by atoms with Crippen molar-refractivity contribution in [1.82, 2.24) is 15.1 Å². The topological polar surface area (TPSA) is 18.5 Å². The largest absolute Gasteiger partial charge is 0.405 e. The van der Waals surface area contributed by atoms with Gasteiger partial charge < -0.3 is 5.32 Å². The number of halogens is 3. The minimum absolute atomic E-state index is 0.0301. The molecular weight excluding hydrogens is 255 g/mol. The van der Waals surface area contributed by atoms with Crippen LogP contribution in [0.5, 0.6) is 0 Å². The predicted molar refractivity (Wildman–Crippen MR) is 69.2 cm³/mol. The number of nitrogens with one attached hydrogen (secondary N) is 1. The van der Waals surface area contributed by atoms with Crippen molar-refractivity contribution in [2.24, 2.45) is 0 Å². The summed E-state index contributed by atoms with van der Waals surface area (Å²) >= 11 is 0. The molecule has 0 aromatic heterocycles. The molecule has 2 fully saturated rings. The Balaban J connectivity index is 1.98. The molecule has 0 saturated carbocycles. The highest BCUT2D eigenvalue weighted by atomic mass is 19.4. The lowest BCUT2D eigenvalue weighted by atomic mass is 10.0. The van der Waals surface area contributed by atoms with Crippen LogP contribution in [-0.2, 0) is 0 Å². The highest BCUT2D eigenvalue weighted by Crippen LogP contribution is 2.27. The maximum Gasteiger partial charge on any atom is 0.405 e. The predicted octanol–water partition coefficient (Wildman–Crippen LogP) is 1.70. The Bertz CT molecular complexity index is 283. The van der Waals surface area contributed by atoms with Crippen LogP contribution in [0.1, 0.15) is 26.2 Å². The minimum atomic E-state index is -4.13. The van der Waals surface area contributed by atoms with Gasteiger partial charge in [-0.05, 0) is 25.9 Å². The minimum Gasteiger partial charge on any atom is -0.314 e. The second kappa shape index (κ2) is 6.41. The van der Waals surface area contributed by atoms with Crippen molar-refractivity contribution >= 4 is 0 Å². The third-order valence-corrected chi connectivity index (χ3v) is 4.33. The number of nitrogens with zero attached hydrogens (tertiary/aromatic N) is 2. The highest BCUT2D eigenvalue weighted by molar-refractivity contribution is 4.89.